The number of amides is 2. The van der Waals surface area contributed by atoms with E-state index in [4.69, 9.17) is 4.74 Å². The van der Waals surface area contributed by atoms with Crippen LogP contribution in [-0.4, -0.2) is 43.6 Å². The largest absolute Gasteiger partial charge is 0.467 e. The molecule has 102 valence electrons. The van der Waals surface area contributed by atoms with Crippen molar-refractivity contribution in [3.8, 4) is 0 Å². The van der Waals surface area contributed by atoms with E-state index in [1.165, 1.54) is 16.9 Å². The maximum absolute atomic E-state index is 12.2. The summed E-state index contributed by atoms with van der Waals surface area (Å²) in [6.07, 6.45) is 0. The van der Waals surface area contributed by atoms with Gasteiger partial charge in [0.1, 0.15) is 0 Å². The topological polar surface area (TPSA) is 49.9 Å². The first-order valence-corrected chi connectivity index (χ1v) is 6.15. The lowest BCUT2D eigenvalue weighted by Gasteiger charge is -2.22. The van der Waals surface area contributed by atoms with E-state index in [1.54, 1.807) is 7.05 Å². The molecule has 1 fully saturated rings. The number of rotatable bonds is 2. The van der Waals surface area contributed by atoms with Crippen LogP contribution in [-0.2, 0) is 9.53 Å². The molecule has 1 saturated heterocycles. The smallest absolute Gasteiger partial charge is 0.330 e. The second-order valence-electron chi connectivity index (χ2n) is 4.84. The van der Waals surface area contributed by atoms with Gasteiger partial charge in [-0.3, -0.25) is 4.90 Å². The highest BCUT2D eigenvalue weighted by atomic mass is 16.5. The van der Waals surface area contributed by atoms with Gasteiger partial charge in [0.2, 0.25) is 0 Å². The molecule has 0 N–H and O–H groups in total. The van der Waals surface area contributed by atoms with E-state index in [-0.39, 0.29) is 6.03 Å². The van der Waals surface area contributed by atoms with Gasteiger partial charge in [-0.1, -0.05) is 6.07 Å². The minimum absolute atomic E-state index is 0.182. The van der Waals surface area contributed by atoms with Gasteiger partial charge >= 0.3 is 12.0 Å². The first-order valence-electron chi connectivity index (χ1n) is 6.15. The number of hydrogen-bond acceptors (Lipinski definition) is 3. The zero-order chi connectivity index (χ0) is 14.2. The summed E-state index contributed by atoms with van der Waals surface area (Å²) in [6.45, 7) is 4.34. The van der Waals surface area contributed by atoms with Crippen LogP contribution in [0.2, 0.25) is 0 Å². The van der Waals surface area contributed by atoms with Crippen molar-refractivity contribution in [2.75, 3.05) is 25.6 Å². The fourth-order valence-corrected chi connectivity index (χ4v) is 2.22. The number of hydrogen-bond donors (Lipinski definition) is 0. The molecule has 0 bridgehead atoms. The second-order valence-corrected chi connectivity index (χ2v) is 4.84. The maximum Gasteiger partial charge on any atom is 0.330 e. The standard InChI is InChI=1S/C14H18N2O3/c1-9-5-6-11(7-10(9)2)16-12(13(17)19-4)8-15(3)14(16)18/h5-7,12H,8H2,1-4H3/t12-/m1/s1. The number of likely N-dealkylation sites (N-methyl/N-ethyl adjacent to an activating group) is 1. The van der Waals surface area contributed by atoms with Crippen molar-refractivity contribution in [1.29, 1.82) is 0 Å². The Bertz CT molecular complexity index is 527. The van der Waals surface area contributed by atoms with Crippen LogP contribution in [0, 0.1) is 13.8 Å². The van der Waals surface area contributed by atoms with E-state index in [0.717, 1.165) is 16.8 Å². The molecular weight excluding hydrogens is 244 g/mol. The summed E-state index contributed by atoms with van der Waals surface area (Å²) in [7, 11) is 3.02. The van der Waals surface area contributed by atoms with Crippen molar-refractivity contribution in [3.05, 3.63) is 29.3 Å². The number of methoxy groups -OCH3 is 1. The summed E-state index contributed by atoms with van der Waals surface area (Å²) >= 11 is 0. The molecule has 0 saturated carbocycles. The Morgan fingerprint density at radius 1 is 1.32 bits per heavy atom. The predicted octanol–water partition coefficient (Wildman–Crippen LogP) is 1.72. The highest BCUT2D eigenvalue weighted by Gasteiger charge is 2.41. The van der Waals surface area contributed by atoms with E-state index >= 15 is 0 Å². The van der Waals surface area contributed by atoms with Crippen molar-refractivity contribution < 1.29 is 14.3 Å². The van der Waals surface area contributed by atoms with Crippen LogP contribution in [0.3, 0.4) is 0 Å². The Morgan fingerprint density at radius 3 is 2.58 bits per heavy atom. The molecule has 2 rings (SSSR count). The molecule has 1 aromatic carbocycles. The zero-order valence-electron chi connectivity index (χ0n) is 11.6. The van der Waals surface area contributed by atoms with Gasteiger partial charge in [-0.15, -0.1) is 0 Å². The maximum atomic E-state index is 12.2. The Morgan fingerprint density at radius 2 is 2.00 bits per heavy atom. The Hall–Kier alpha value is -2.04. The number of benzene rings is 1. The van der Waals surface area contributed by atoms with Crippen LogP contribution >= 0.6 is 0 Å². The molecule has 1 aliphatic rings. The van der Waals surface area contributed by atoms with Crippen molar-refractivity contribution in [3.63, 3.8) is 0 Å². The van der Waals surface area contributed by atoms with Gasteiger partial charge < -0.3 is 9.64 Å². The molecule has 5 heteroatoms. The molecule has 0 radical (unpaired) electrons. The summed E-state index contributed by atoms with van der Waals surface area (Å²) < 4.78 is 4.78. The molecule has 0 aromatic heterocycles. The second kappa shape index (κ2) is 4.91. The van der Waals surface area contributed by atoms with Crippen LogP contribution in [0.4, 0.5) is 10.5 Å². The molecule has 1 aliphatic heterocycles. The lowest BCUT2D eigenvalue weighted by atomic mass is 10.1. The third kappa shape index (κ3) is 2.28. The summed E-state index contributed by atoms with van der Waals surface area (Å²) in [6, 6.07) is 4.96. The summed E-state index contributed by atoms with van der Waals surface area (Å²) in [4.78, 5) is 27.0. The van der Waals surface area contributed by atoms with Gasteiger partial charge in [0.05, 0.1) is 13.7 Å². The van der Waals surface area contributed by atoms with Gasteiger partial charge in [-0.05, 0) is 37.1 Å². The monoisotopic (exact) mass is 262 g/mol. The van der Waals surface area contributed by atoms with Gasteiger partial charge in [-0.25, -0.2) is 9.59 Å². The molecule has 1 atom stereocenters. The van der Waals surface area contributed by atoms with Gasteiger partial charge in [0, 0.05) is 12.7 Å². The summed E-state index contributed by atoms with van der Waals surface area (Å²) in [5.41, 5.74) is 2.97. The SMILES string of the molecule is COC(=O)[C@H]1CN(C)C(=O)N1c1ccc(C)c(C)c1. The van der Waals surface area contributed by atoms with Crippen LogP contribution in [0.5, 0.6) is 0 Å². The fraction of sp³-hybridized carbons (Fsp3) is 0.429. The number of carbonyl (C=O) groups is 2. The zero-order valence-corrected chi connectivity index (χ0v) is 11.6. The molecule has 0 spiro atoms. The Balaban J connectivity index is 2.41. The highest BCUT2D eigenvalue weighted by molar-refractivity contribution is 6.01. The minimum Gasteiger partial charge on any atom is -0.467 e. The molecule has 0 aliphatic carbocycles. The molecule has 0 unspecified atom stereocenters. The van der Waals surface area contributed by atoms with E-state index in [2.05, 4.69) is 0 Å². The highest BCUT2D eigenvalue weighted by Crippen LogP contribution is 2.26. The Kier molecular flexibility index (Phi) is 3.46. The number of urea groups is 1. The molecule has 19 heavy (non-hydrogen) atoms. The molecule has 1 heterocycles. The third-order valence-electron chi connectivity index (χ3n) is 3.53. The Labute approximate surface area is 112 Å². The average molecular weight is 262 g/mol. The van der Waals surface area contributed by atoms with E-state index in [0.29, 0.717) is 6.54 Å². The number of aryl methyl sites for hydroxylation is 2. The average Bonchev–Trinajstić information content (AvgIpc) is 2.68. The normalized spacial score (nSPS) is 18.9. The van der Waals surface area contributed by atoms with E-state index in [9.17, 15) is 9.59 Å². The van der Waals surface area contributed by atoms with Crippen LogP contribution < -0.4 is 4.90 Å². The number of anilines is 1. The number of carbonyl (C=O) groups excluding carboxylic acids is 2. The van der Waals surface area contributed by atoms with E-state index < -0.39 is 12.0 Å². The minimum atomic E-state index is -0.579. The first kappa shape index (κ1) is 13.4. The van der Waals surface area contributed by atoms with E-state index in [1.807, 2.05) is 32.0 Å². The number of ether oxygens (including phenoxy) is 1. The van der Waals surface area contributed by atoms with Gasteiger partial charge in [0.25, 0.3) is 0 Å². The summed E-state index contributed by atoms with van der Waals surface area (Å²) in [5, 5.41) is 0. The van der Waals surface area contributed by atoms with Crippen molar-refractivity contribution in [1.82, 2.24) is 4.90 Å². The lowest BCUT2D eigenvalue weighted by molar-refractivity contribution is -0.141. The third-order valence-corrected chi connectivity index (χ3v) is 3.53. The quantitative estimate of drug-likeness (QED) is 0.762. The van der Waals surface area contributed by atoms with Gasteiger partial charge in [0.15, 0.2) is 6.04 Å². The molecule has 5 nitrogen and oxygen atoms in total. The molecule has 2 amide bonds. The molecular formula is C14H18N2O3. The van der Waals surface area contributed by atoms with Gasteiger partial charge in [-0.2, -0.15) is 0 Å². The fourth-order valence-electron chi connectivity index (χ4n) is 2.22. The van der Waals surface area contributed by atoms with Crippen molar-refractivity contribution >= 4 is 17.7 Å². The van der Waals surface area contributed by atoms with Crippen LogP contribution in [0.15, 0.2) is 18.2 Å². The van der Waals surface area contributed by atoms with Crippen LogP contribution in [0.25, 0.3) is 0 Å². The number of esters is 1. The van der Waals surface area contributed by atoms with Crippen molar-refractivity contribution in [2.45, 2.75) is 19.9 Å². The lowest BCUT2D eigenvalue weighted by Crippen LogP contribution is -2.40. The summed E-state index contributed by atoms with van der Waals surface area (Å²) in [5.74, 6) is -0.393. The number of nitrogens with zero attached hydrogens (tertiary/aromatic N) is 2. The van der Waals surface area contributed by atoms with Crippen molar-refractivity contribution in [2.24, 2.45) is 0 Å². The van der Waals surface area contributed by atoms with Crippen LogP contribution in [0.1, 0.15) is 11.1 Å². The predicted molar refractivity (Wildman–Crippen MR) is 72.2 cm³/mol. The first-order chi connectivity index (χ1) is 8.95. The molecule has 1 aromatic rings.